The van der Waals surface area contributed by atoms with Crippen LogP contribution < -0.4 is 15.1 Å². The quantitative estimate of drug-likeness (QED) is 0.818. The second-order valence-electron chi connectivity index (χ2n) is 8.19. The first-order valence-electron chi connectivity index (χ1n) is 10.8. The first-order chi connectivity index (χ1) is 14.9. The molecule has 2 fully saturated rings. The maximum atomic E-state index is 14.8. The smallest absolute Gasteiger partial charge is 0.322 e. The zero-order valence-electron chi connectivity index (χ0n) is 18.2. The lowest BCUT2D eigenvalue weighted by molar-refractivity contribution is 0.0742. The fraction of sp³-hybridized carbons (Fsp3) is 0.435. The van der Waals surface area contributed by atoms with Crippen molar-refractivity contribution in [2.75, 3.05) is 42.5 Å². The van der Waals surface area contributed by atoms with Gasteiger partial charge in [-0.15, -0.1) is 0 Å². The van der Waals surface area contributed by atoms with Crippen LogP contribution in [0.1, 0.15) is 35.3 Å². The molecule has 3 amide bonds. The van der Waals surface area contributed by atoms with Crippen LogP contribution in [0.3, 0.4) is 0 Å². The van der Waals surface area contributed by atoms with Crippen LogP contribution in [0.2, 0.25) is 0 Å². The summed E-state index contributed by atoms with van der Waals surface area (Å²) in [5.41, 5.74) is 2.82. The van der Waals surface area contributed by atoms with Crippen LogP contribution in [0.15, 0.2) is 30.5 Å². The minimum atomic E-state index is -0.607. The average molecular weight is 426 g/mol. The fourth-order valence-corrected chi connectivity index (χ4v) is 4.25. The Hall–Kier alpha value is -3.16. The minimum absolute atomic E-state index is 0.0334. The highest BCUT2D eigenvalue weighted by molar-refractivity contribution is 5.97. The van der Waals surface area contributed by atoms with Crippen LogP contribution in [0.4, 0.5) is 20.7 Å². The van der Waals surface area contributed by atoms with Gasteiger partial charge in [-0.05, 0) is 49.6 Å². The third kappa shape index (κ3) is 4.06. The Kier molecular flexibility index (Phi) is 5.80. The van der Waals surface area contributed by atoms with E-state index in [1.165, 1.54) is 22.6 Å². The lowest BCUT2D eigenvalue weighted by Gasteiger charge is -2.36. The molecular weight excluding hydrogens is 397 g/mol. The number of carbonyl (C=O) groups excluding carboxylic acids is 2. The number of carbonyl (C=O) groups is 2. The van der Waals surface area contributed by atoms with Crippen molar-refractivity contribution in [1.29, 1.82) is 0 Å². The average Bonchev–Trinajstić information content (AvgIpc) is 3.11. The normalized spacial score (nSPS) is 19.0. The maximum Gasteiger partial charge on any atom is 0.322 e. The summed E-state index contributed by atoms with van der Waals surface area (Å²) in [6.45, 7) is 8.86. The number of hydrogen-bond donors (Lipinski definition) is 1. The molecule has 31 heavy (non-hydrogen) atoms. The molecule has 3 heterocycles. The summed E-state index contributed by atoms with van der Waals surface area (Å²) in [5.74, 6) is 0.0102. The van der Waals surface area contributed by atoms with E-state index in [-0.39, 0.29) is 23.5 Å². The highest BCUT2D eigenvalue weighted by atomic mass is 19.1. The predicted octanol–water partition coefficient (Wildman–Crippen LogP) is 2.97. The fourth-order valence-electron chi connectivity index (χ4n) is 4.25. The van der Waals surface area contributed by atoms with Gasteiger partial charge in [-0.3, -0.25) is 9.69 Å². The number of aromatic nitrogens is 1. The largest absolute Gasteiger partial charge is 0.353 e. The third-order valence-electron chi connectivity index (χ3n) is 6.05. The van der Waals surface area contributed by atoms with Gasteiger partial charge in [-0.2, -0.15) is 0 Å². The van der Waals surface area contributed by atoms with Crippen molar-refractivity contribution >= 4 is 23.4 Å². The maximum absolute atomic E-state index is 14.8. The number of nitrogens with zero attached hydrogens (tertiary/aromatic N) is 4. The van der Waals surface area contributed by atoms with E-state index in [2.05, 4.69) is 35.1 Å². The van der Waals surface area contributed by atoms with Crippen molar-refractivity contribution in [3.63, 3.8) is 0 Å². The number of urea groups is 1. The number of benzene rings is 1. The zero-order valence-corrected chi connectivity index (χ0v) is 18.2. The van der Waals surface area contributed by atoms with Crippen molar-refractivity contribution in [2.24, 2.45) is 0 Å². The Morgan fingerprint density at radius 3 is 2.55 bits per heavy atom. The molecule has 1 unspecified atom stereocenters. The highest BCUT2D eigenvalue weighted by Crippen LogP contribution is 2.25. The first-order valence-corrected chi connectivity index (χ1v) is 10.8. The number of hydrogen-bond acceptors (Lipinski definition) is 4. The van der Waals surface area contributed by atoms with Crippen molar-refractivity contribution in [3.05, 3.63) is 53.0 Å². The first kappa shape index (κ1) is 21.1. The van der Waals surface area contributed by atoms with Crippen LogP contribution >= 0.6 is 0 Å². The van der Waals surface area contributed by atoms with Gasteiger partial charge < -0.3 is 15.1 Å². The molecule has 0 radical (unpaired) electrons. The summed E-state index contributed by atoms with van der Waals surface area (Å²) in [4.78, 5) is 34.9. The number of amides is 3. The Morgan fingerprint density at radius 1 is 1.23 bits per heavy atom. The molecule has 0 aliphatic carbocycles. The topological polar surface area (TPSA) is 68.8 Å². The second-order valence-corrected chi connectivity index (χ2v) is 8.19. The molecule has 2 aliphatic rings. The van der Waals surface area contributed by atoms with Gasteiger partial charge in [0.2, 0.25) is 0 Å². The van der Waals surface area contributed by atoms with Gasteiger partial charge in [0.15, 0.2) is 0 Å². The minimum Gasteiger partial charge on any atom is -0.353 e. The van der Waals surface area contributed by atoms with E-state index >= 15 is 0 Å². The van der Waals surface area contributed by atoms with E-state index in [1.54, 1.807) is 11.0 Å². The van der Waals surface area contributed by atoms with E-state index in [4.69, 9.17) is 0 Å². The van der Waals surface area contributed by atoms with Gasteiger partial charge in [0.05, 0.1) is 11.6 Å². The number of nitrogens with one attached hydrogen (secondary N) is 1. The number of anilines is 2. The van der Waals surface area contributed by atoms with Crippen LogP contribution in [0.5, 0.6) is 0 Å². The molecule has 1 N–H and O–H groups in total. The number of piperazine rings is 1. The molecule has 0 spiro atoms. The van der Waals surface area contributed by atoms with Gasteiger partial charge in [-0.25, -0.2) is 14.2 Å². The molecule has 1 aromatic heterocycles. The SMILES string of the molecule is CCc1cnc(N2CCN(C(=O)c3ccc(N4C(=O)NCC4C)cc3F)CC2)c(C)c1. The number of pyridine rings is 1. The van der Waals surface area contributed by atoms with Crippen LogP contribution in [0.25, 0.3) is 0 Å². The van der Waals surface area contributed by atoms with Crippen molar-refractivity contribution in [3.8, 4) is 0 Å². The Labute approximate surface area is 181 Å². The number of aryl methyl sites for hydroxylation is 2. The second kappa shape index (κ2) is 8.53. The standard InChI is InChI=1S/C23H28FN5O2/c1-4-17-11-15(2)21(25-14-17)27-7-9-28(10-8-27)22(30)19-6-5-18(12-20(19)24)29-16(3)13-26-23(29)31/h5-6,11-12,14,16H,4,7-10,13H2,1-3H3,(H,26,31). The van der Waals surface area contributed by atoms with Crippen molar-refractivity contribution in [1.82, 2.24) is 15.2 Å². The summed E-state index contributed by atoms with van der Waals surface area (Å²) < 4.78 is 14.8. The summed E-state index contributed by atoms with van der Waals surface area (Å²) in [6, 6.07) is 6.22. The number of halogens is 1. The van der Waals surface area contributed by atoms with Crippen molar-refractivity contribution < 1.29 is 14.0 Å². The molecule has 1 atom stereocenters. The lowest BCUT2D eigenvalue weighted by Crippen LogP contribution is -2.49. The molecule has 2 aromatic rings. The summed E-state index contributed by atoms with van der Waals surface area (Å²) in [6.07, 6.45) is 2.85. The van der Waals surface area contributed by atoms with E-state index in [9.17, 15) is 14.0 Å². The monoisotopic (exact) mass is 425 g/mol. The summed E-state index contributed by atoms with van der Waals surface area (Å²) >= 11 is 0. The van der Waals surface area contributed by atoms with Gasteiger partial charge in [0.1, 0.15) is 11.6 Å². The van der Waals surface area contributed by atoms with E-state index in [1.807, 2.05) is 13.1 Å². The lowest BCUT2D eigenvalue weighted by atomic mass is 10.1. The van der Waals surface area contributed by atoms with Gasteiger partial charge in [0.25, 0.3) is 5.91 Å². The van der Waals surface area contributed by atoms with Crippen LogP contribution in [-0.2, 0) is 6.42 Å². The predicted molar refractivity (Wildman–Crippen MR) is 118 cm³/mol. The van der Waals surface area contributed by atoms with E-state index < -0.39 is 5.82 Å². The van der Waals surface area contributed by atoms with Gasteiger partial charge >= 0.3 is 6.03 Å². The summed E-state index contributed by atoms with van der Waals surface area (Å²) in [5, 5.41) is 2.73. The van der Waals surface area contributed by atoms with E-state index in [0.717, 1.165) is 17.8 Å². The molecule has 0 saturated carbocycles. The Balaban J connectivity index is 1.43. The molecule has 1 aromatic carbocycles. The number of rotatable bonds is 4. The van der Waals surface area contributed by atoms with E-state index in [0.29, 0.717) is 38.4 Å². The molecule has 7 nitrogen and oxygen atoms in total. The molecule has 0 bridgehead atoms. The molecule has 8 heteroatoms. The van der Waals surface area contributed by atoms with Gasteiger partial charge in [0, 0.05) is 44.6 Å². The highest BCUT2D eigenvalue weighted by Gasteiger charge is 2.30. The van der Waals surface area contributed by atoms with Crippen LogP contribution in [-0.4, -0.2) is 60.6 Å². The zero-order chi connectivity index (χ0) is 22.1. The van der Waals surface area contributed by atoms with Gasteiger partial charge in [-0.1, -0.05) is 13.0 Å². The Bertz CT molecular complexity index is 1000. The Morgan fingerprint density at radius 2 is 1.97 bits per heavy atom. The third-order valence-corrected chi connectivity index (χ3v) is 6.05. The molecule has 4 rings (SSSR count). The molecule has 164 valence electrons. The van der Waals surface area contributed by atoms with Crippen LogP contribution in [0, 0.1) is 12.7 Å². The van der Waals surface area contributed by atoms with Crippen molar-refractivity contribution in [2.45, 2.75) is 33.2 Å². The molecule has 2 saturated heterocycles. The molecular formula is C23H28FN5O2. The summed E-state index contributed by atoms with van der Waals surface area (Å²) in [7, 11) is 0. The molecule has 2 aliphatic heterocycles.